The molecule has 27 heavy (non-hydrogen) atoms. The van der Waals surface area contributed by atoms with Gasteiger partial charge in [-0.25, -0.2) is 4.79 Å². The number of carbonyl (C=O) groups excluding carboxylic acids is 1. The molecule has 0 N–H and O–H groups in total. The van der Waals surface area contributed by atoms with E-state index < -0.39 is 8.03 Å². The first-order valence-corrected chi connectivity index (χ1v) is 12.0. The van der Waals surface area contributed by atoms with Crippen LogP contribution in [0.4, 0.5) is 0 Å². The summed E-state index contributed by atoms with van der Waals surface area (Å²) in [7, 11) is -0.456. The van der Waals surface area contributed by atoms with Crippen LogP contribution in [0.2, 0.25) is 0 Å². The lowest BCUT2D eigenvalue weighted by Crippen LogP contribution is -2.06. The predicted octanol–water partition coefficient (Wildman–Crippen LogP) is 6.43. The molecule has 0 radical (unpaired) electrons. The van der Waals surface area contributed by atoms with Crippen LogP contribution < -0.4 is 0 Å². The van der Waals surface area contributed by atoms with E-state index in [9.17, 15) is 9.36 Å². The smallest absolute Gasteiger partial charge is 0.338 e. The molecule has 1 atom stereocenters. The molecule has 0 fully saturated rings. The Kier molecular flexibility index (Phi) is 14.1. The summed E-state index contributed by atoms with van der Waals surface area (Å²) in [4.78, 5) is 12.0. The molecule has 1 unspecified atom stereocenters. The molecule has 0 amide bonds. The van der Waals surface area contributed by atoms with Crippen molar-refractivity contribution in [2.45, 2.75) is 77.6 Å². The summed E-state index contributed by atoms with van der Waals surface area (Å²) < 4.78 is 21.5. The summed E-state index contributed by atoms with van der Waals surface area (Å²) in [5.74, 6) is -0.261. The van der Waals surface area contributed by atoms with Gasteiger partial charge in [0.1, 0.15) is 0 Å². The maximum Gasteiger partial charge on any atom is 0.338 e. The van der Waals surface area contributed by atoms with Crippen molar-refractivity contribution in [1.29, 1.82) is 0 Å². The summed E-state index contributed by atoms with van der Waals surface area (Å²) in [6.45, 7) is 2.74. The van der Waals surface area contributed by atoms with Gasteiger partial charge in [0.05, 0.1) is 12.2 Å². The Morgan fingerprint density at radius 3 is 2.00 bits per heavy atom. The van der Waals surface area contributed by atoms with Crippen molar-refractivity contribution >= 4 is 14.0 Å². The zero-order valence-corrected chi connectivity index (χ0v) is 18.1. The number of rotatable bonds is 16. The van der Waals surface area contributed by atoms with E-state index in [1.807, 2.05) is 12.1 Å². The minimum absolute atomic E-state index is 0.261. The maximum atomic E-state index is 12.0. The number of benzene rings is 1. The summed E-state index contributed by atoms with van der Waals surface area (Å²) in [6, 6.07) is 7.34. The van der Waals surface area contributed by atoms with Crippen molar-refractivity contribution in [3.05, 3.63) is 35.4 Å². The molecule has 0 aliphatic heterocycles. The van der Waals surface area contributed by atoms with E-state index in [2.05, 4.69) is 6.92 Å². The van der Waals surface area contributed by atoms with Crippen LogP contribution in [0.15, 0.2) is 24.3 Å². The highest BCUT2D eigenvalue weighted by molar-refractivity contribution is 7.39. The first-order chi connectivity index (χ1) is 13.2. The molecule has 1 rings (SSSR count). The van der Waals surface area contributed by atoms with Crippen molar-refractivity contribution in [3.8, 4) is 0 Å². The van der Waals surface area contributed by atoms with Crippen LogP contribution in [-0.2, 0) is 20.2 Å². The van der Waals surface area contributed by atoms with Crippen molar-refractivity contribution in [2.75, 3.05) is 19.9 Å². The van der Waals surface area contributed by atoms with Gasteiger partial charge in [-0.2, -0.15) is 0 Å². The third-order valence-electron chi connectivity index (χ3n) is 4.77. The molecule has 0 aromatic heterocycles. The van der Waals surface area contributed by atoms with E-state index in [0.717, 1.165) is 18.4 Å². The molecule has 0 saturated heterocycles. The monoisotopic (exact) mass is 396 g/mol. The van der Waals surface area contributed by atoms with E-state index in [1.54, 1.807) is 12.1 Å². The number of ether oxygens (including phenoxy) is 1. The van der Waals surface area contributed by atoms with Gasteiger partial charge in [-0.1, -0.05) is 76.8 Å². The van der Waals surface area contributed by atoms with Gasteiger partial charge in [-0.3, -0.25) is 4.57 Å². The molecule has 5 heteroatoms. The number of hydrogen-bond acceptors (Lipinski definition) is 4. The Morgan fingerprint density at radius 1 is 0.889 bits per heavy atom. The molecule has 0 bridgehead atoms. The molecular weight excluding hydrogens is 359 g/mol. The fourth-order valence-electron chi connectivity index (χ4n) is 2.99. The molecule has 0 spiro atoms. The number of esters is 1. The molecule has 1 aromatic rings. The highest BCUT2D eigenvalue weighted by atomic mass is 31.1. The standard InChI is InChI=1S/C22H37O4P/c1-3-4-5-6-7-8-9-10-11-12-18-26-22(23)21-15-13-20(14-16-21)17-19-27(24)25-2/h13-16,27H,3-12,17-19H2,1-2H3. The minimum Gasteiger partial charge on any atom is -0.462 e. The normalized spacial score (nSPS) is 12.1. The van der Waals surface area contributed by atoms with Gasteiger partial charge >= 0.3 is 5.97 Å². The molecule has 4 nitrogen and oxygen atoms in total. The van der Waals surface area contributed by atoms with Gasteiger partial charge in [-0.15, -0.1) is 0 Å². The molecular formula is C22H37O4P. The van der Waals surface area contributed by atoms with Crippen LogP contribution >= 0.6 is 8.03 Å². The molecule has 1 aromatic carbocycles. The van der Waals surface area contributed by atoms with Crippen molar-refractivity contribution in [3.63, 3.8) is 0 Å². The van der Waals surface area contributed by atoms with Crippen molar-refractivity contribution in [1.82, 2.24) is 0 Å². The van der Waals surface area contributed by atoms with Crippen molar-refractivity contribution in [2.24, 2.45) is 0 Å². The number of aryl methyl sites for hydroxylation is 1. The van der Waals surface area contributed by atoms with E-state index >= 15 is 0 Å². The number of carbonyl (C=O) groups is 1. The second-order valence-electron chi connectivity index (χ2n) is 7.09. The quantitative estimate of drug-likeness (QED) is 0.184. The van der Waals surface area contributed by atoms with Crippen molar-refractivity contribution < 1.29 is 18.6 Å². The van der Waals surface area contributed by atoms with Crippen LogP contribution in [0, 0.1) is 0 Å². The van der Waals surface area contributed by atoms with Crippen LogP contribution in [0.1, 0.15) is 87.1 Å². The lowest BCUT2D eigenvalue weighted by Gasteiger charge is -2.06. The molecule has 154 valence electrons. The highest BCUT2D eigenvalue weighted by Crippen LogP contribution is 2.21. The average Bonchev–Trinajstić information content (AvgIpc) is 2.70. The summed E-state index contributed by atoms with van der Waals surface area (Å²) >= 11 is 0. The Bertz CT molecular complexity index is 528. The molecule has 0 saturated carbocycles. The van der Waals surface area contributed by atoms with E-state index in [4.69, 9.17) is 9.26 Å². The minimum atomic E-state index is -1.92. The van der Waals surface area contributed by atoms with Gasteiger partial charge < -0.3 is 9.26 Å². The third kappa shape index (κ3) is 12.0. The topological polar surface area (TPSA) is 52.6 Å². The molecule has 0 aliphatic rings. The molecule has 0 heterocycles. The van der Waals surface area contributed by atoms with Crippen LogP contribution in [-0.4, -0.2) is 25.8 Å². The largest absolute Gasteiger partial charge is 0.462 e. The first-order valence-electron chi connectivity index (χ1n) is 10.5. The van der Waals surface area contributed by atoms with Gasteiger partial charge in [0.15, 0.2) is 8.03 Å². The SMILES string of the molecule is CCCCCCCCCCCCOC(=O)c1ccc(CC[PH](=O)OC)cc1. The first kappa shape index (κ1) is 23.9. The zero-order chi connectivity index (χ0) is 19.7. The van der Waals surface area contributed by atoms with Gasteiger partial charge in [0.2, 0.25) is 0 Å². The summed E-state index contributed by atoms with van der Waals surface area (Å²) in [6.07, 6.45) is 13.9. The van der Waals surface area contributed by atoms with E-state index in [-0.39, 0.29) is 5.97 Å². The maximum absolute atomic E-state index is 12.0. The lowest BCUT2D eigenvalue weighted by atomic mass is 10.1. The lowest BCUT2D eigenvalue weighted by molar-refractivity contribution is 0.0497. The van der Waals surface area contributed by atoms with Crippen LogP contribution in [0.25, 0.3) is 0 Å². The Hall–Kier alpha value is -1.12. The van der Waals surface area contributed by atoms with Gasteiger partial charge in [-0.05, 0) is 30.5 Å². The second-order valence-corrected chi connectivity index (χ2v) is 8.74. The fraction of sp³-hybridized carbons (Fsp3) is 0.682. The van der Waals surface area contributed by atoms with Crippen LogP contribution in [0.5, 0.6) is 0 Å². The number of hydrogen-bond donors (Lipinski definition) is 0. The Morgan fingerprint density at radius 2 is 1.44 bits per heavy atom. The molecule has 0 aliphatic carbocycles. The predicted molar refractivity (Wildman–Crippen MR) is 113 cm³/mol. The Labute approximate surface area is 165 Å². The number of unbranched alkanes of at least 4 members (excludes halogenated alkanes) is 9. The second kappa shape index (κ2) is 15.9. The Balaban J connectivity index is 2.07. The van der Waals surface area contributed by atoms with E-state index in [1.165, 1.54) is 58.5 Å². The fourth-order valence-corrected chi connectivity index (χ4v) is 3.69. The highest BCUT2D eigenvalue weighted by Gasteiger charge is 2.07. The summed E-state index contributed by atoms with van der Waals surface area (Å²) in [5, 5.41) is 0. The zero-order valence-electron chi connectivity index (χ0n) is 17.1. The van der Waals surface area contributed by atoms with Gasteiger partial charge in [0.25, 0.3) is 0 Å². The van der Waals surface area contributed by atoms with Gasteiger partial charge in [0, 0.05) is 13.3 Å². The third-order valence-corrected chi connectivity index (χ3v) is 5.88. The average molecular weight is 397 g/mol. The van der Waals surface area contributed by atoms with Crippen LogP contribution in [0.3, 0.4) is 0 Å². The summed E-state index contributed by atoms with van der Waals surface area (Å²) in [5.41, 5.74) is 1.63. The van der Waals surface area contributed by atoms with E-state index in [0.29, 0.717) is 24.8 Å².